The summed E-state index contributed by atoms with van der Waals surface area (Å²) < 4.78 is 17.9. The molecule has 4 rings (SSSR count). The van der Waals surface area contributed by atoms with Crippen molar-refractivity contribution in [2.45, 2.75) is 50.9 Å². The first-order valence-corrected chi connectivity index (χ1v) is 13.2. The smallest absolute Gasteiger partial charge is 0.341 e. The van der Waals surface area contributed by atoms with Crippen molar-refractivity contribution in [1.29, 1.82) is 0 Å². The molecule has 0 bridgehead atoms. The minimum atomic E-state index is -0.403. The normalized spacial score (nSPS) is 12.7. The zero-order chi connectivity index (χ0) is 24.8. The molecule has 2 aromatic heterocycles. The number of thioether (sulfide) groups is 1. The third kappa shape index (κ3) is 5.79. The molecule has 35 heavy (non-hydrogen) atoms. The largest absolute Gasteiger partial charge is 0.497 e. The van der Waals surface area contributed by atoms with Gasteiger partial charge in [0.05, 0.1) is 25.5 Å². The molecule has 0 fully saturated rings. The zero-order valence-corrected chi connectivity index (χ0v) is 21.6. The van der Waals surface area contributed by atoms with Crippen molar-refractivity contribution in [1.82, 2.24) is 14.8 Å². The fourth-order valence-electron chi connectivity index (χ4n) is 3.93. The summed E-state index contributed by atoms with van der Waals surface area (Å²) >= 11 is 2.77. The average molecular weight is 517 g/mol. The highest BCUT2D eigenvalue weighted by molar-refractivity contribution is 7.99. The van der Waals surface area contributed by atoms with Crippen LogP contribution in [0.4, 0.5) is 5.00 Å². The molecule has 1 amide bonds. The summed E-state index contributed by atoms with van der Waals surface area (Å²) in [6.45, 7) is 2.88. The highest BCUT2D eigenvalue weighted by atomic mass is 32.2. The van der Waals surface area contributed by atoms with Gasteiger partial charge in [0.15, 0.2) is 11.0 Å². The van der Waals surface area contributed by atoms with Crippen molar-refractivity contribution in [2.75, 3.05) is 25.3 Å². The first-order chi connectivity index (χ1) is 17.0. The summed E-state index contributed by atoms with van der Waals surface area (Å²) in [4.78, 5) is 26.3. The van der Waals surface area contributed by atoms with Crippen molar-refractivity contribution in [3.63, 3.8) is 0 Å². The molecular weight excluding hydrogens is 488 g/mol. The number of ether oxygens (including phenoxy) is 3. The minimum Gasteiger partial charge on any atom is -0.497 e. The van der Waals surface area contributed by atoms with Gasteiger partial charge >= 0.3 is 5.97 Å². The van der Waals surface area contributed by atoms with E-state index in [1.165, 1.54) is 30.2 Å². The standard InChI is InChI=1S/C24H28N4O5S2/c1-4-28-19(13-33-16-11-9-15(31-2)10-12-16)26-27-24(28)34-14-20(29)25-22-21(23(30)32-3)17-7-5-6-8-18(17)35-22/h9-12H,4-8,13-14H2,1-3H3,(H,25,29). The lowest BCUT2D eigenvalue weighted by Gasteiger charge is -2.11. The number of rotatable bonds is 10. The fourth-order valence-corrected chi connectivity index (χ4v) is 6.05. The lowest BCUT2D eigenvalue weighted by molar-refractivity contribution is -0.113. The number of nitrogens with one attached hydrogen (secondary N) is 1. The Hall–Kier alpha value is -3.05. The van der Waals surface area contributed by atoms with E-state index in [4.69, 9.17) is 14.2 Å². The van der Waals surface area contributed by atoms with Gasteiger partial charge in [-0.1, -0.05) is 11.8 Å². The van der Waals surface area contributed by atoms with E-state index in [0.29, 0.717) is 33.8 Å². The van der Waals surface area contributed by atoms with Crippen LogP contribution in [-0.2, 0) is 35.5 Å². The predicted octanol–water partition coefficient (Wildman–Crippen LogP) is 4.34. The van der Waals surface area contributed by atoms with Crippen LogP contribution in [0.25, 0.3) is 0 Å². The molecule has 3 aromatic rings. The molecule has 1 N–H and O–H groups in total. The summed E-state index contributed by atoms with van der Waals surface area (Å²) in [5.74, 6) is 1.66. The summed E-state index contributed by atoms with van der Waals surface area (Å²) in [7, 11) is 2.98. The number of methoxy groups -OCH3 is 2. The summed E-state index contributed by atoms with van der Waals surface area (Å²) in [5, 5.41) is 12.6. The van der Waals surface area contributed by atoms with Gasteiger partial charge in [-0.05, 0) is 62.4 Å². The van der Waals surface area contributed by atoms with E-state index in [-0.39, 0.29) is 18.3 Å². The van der Waals surface area contributed by atoms with Crippen LogP contribution in [0.1, 0.15) is 46.4 Å². The average Bonchev–Trinajstić information content (AvgIpc) is 3.46. The van der Waals surface area contributed by atoms with Crippen LogP contribution in [0, 0.1) is 0 Å². The van der Waals surface area contributed by atoms with Crippen molar-refractivity contribution in [3.8, 4) is 11.5 Å². The molecule has 1 aliphatic carbocycles. The number of anilines is 1. The fraction of sp³-hybridized carbons (Fsp3) is 0.417. The molecule has 0 saturated carbocycles. The second-order valence-electron chi connectivity index (χ2n) is 7.85. The van der Waals surface area contributed by atoms with Gasteiger partial charge in [-0.2, -0.15) is 0 Å². The number of hydrogen-bond donors (Lipinski definition) is 1. The molecule has 0 saturated heterocycles. The molecule has 186 valence electrons. The lowest BCUT2D eigenvalue weighted by atomic mass is 9.95. The molecule has 0 radical (unpaired) electrons. The van der Waals surface area contributed by atoms with Crippen LogP contribution < -0.4 is 14.8 Å². The number of nitrogens with zero attached hydrogens (tertiary/aromatic N) is 3. The first-order valence-electron chi connectivity index (χ1n) is 11.4. The Balaban J connectivity index is 1.38. The van der Waals surface area contributed by atoms with Gasteiger partial charge in [-0.3, -0.25) is 4.79 Å². The number of aryl methyl sites for hydroxylation is 1. The Morgan fingerprint density at radius 2 is 1.86 bits per heavy atom. The molecule has 1 aliphatic rings. The Morgan fingerprint density at radius 3 is 2.57 bits per heavy atom. The summed E-state index contributed by atoms with van der Waals surface area (Å²) in [6, 6.07) is 7.32. The van der Waals surface area contributed by atoms with Gasteiger partial charge in [0, 0.05) is 11.4 Å². The predicted molar refractivity (Wildman–Crippen MR) is 135 cm³/mol. The van der Waals surface area contributed by atoms with E-state index < -0.39 is 5.97 Å². The molecule has 9 nitrogen and oxygen atoms in total. The molecule has 0 atom stereocenters. The van der Waals surface area contributed by atoms with E-state index in [9.17, 15) is 9.59 Å². The van der Waals surface area contributed by atoms with Crippen LogP contribution in [-0.4, -0.2) is 46.6 Å². The maximum Gasteiger partial charge on any atom is 0.341 e. The minimum absolute atomic E-state index is 0.140. The van der Waals surface area contributed by atoms with Gasteiger partial charge in [-0.25, -0.2) is 4.79 Å². The van der Waals surface area contributed by atoms with Crippen LogP contribution in [0.15, 0.2) is 29.4 Å². The van der Waals surface area contributed by atoms with Gasteiger partial charge in [-0.15, -0.1) is 21.5 Å². The van der Waals surface area contributed by atoms with E-state index in [1.807, 2.05) is 35.8 Å². The number of carbonyl (C=O) groups is 2. The Morgan fingerprint density at radius 1 is 1.11 bits per heavy atom. The number of thiophene rings is 1. The Kier molecular flexibility index (Phi) is 8.29. The van der Waals surface area contributed by atoms with E-state index in [1.54, 1.807) is 7.11 Å². The molecule has 2 heterocycles. The zero-order valence-electron chi connectivity index (χ0n) is 20.0. The number of benzene rings is 1. The first kappa shape index (κ1) is 25.1. The molecule has 0 spiro atoms. The maximum atomic E-state index is 12.8. The van der Waals surface area contributed by atoms with Crippen LogP contribution in [0.5, 0.6) is 11.5 Å². The number of fused-ring (bicyclic) bond motifs is 1. The van der Waals surface area contributed by atoms with Crippen molar-refractivity contribution in [2.24, 2.45) is 0 Å². The number of amides is 1. The number of aromatic nitrogens is 3. The van der Waals surface area contributed by atoms with Crippen molar-refractivity contribution >= 4 is 40.0 Å². The highest BCUT2D eigenvalue weighted by Crippen LogP contribution is 2.38. The van der Waals surface area contributed by atoms with Crippen molar-refractivity contribution in [3.05, 3.63) is 46.1 Å². The Bertz CT molecular complexity index is 1190. The number of hydrogen-bond acceptors (Lipinski definition) is 9. The third-order valence-corrected chi connectivity index (χ3v) is 7.86. The second kappa shape index (κ2) is 11.6. The molecule has 11 heteroatoms. The van der Waals surface area contributed by atoms with E-state index in [0.717, 1.165) is 41.9 Å². The van der Waals surface area contributed by atoms with Gasteiger partial charge in [0.1, 0.15) is 23.1 Å². The summed E-state index contributed by atoms with van der Waals surface area (Å²) in [5.41, 5.74) is 1.52. The van der Waals surface area contributed by atoms with Crippen LogP contribution >= 0.6 is 23.1 Å². The maximum absolute atomic E-state index is 12.8. The summed E-state index contributed by atoms with van der Waals surface area (Å²) in [6.07, 6.45) is 3.89. The monoisotopic (exact) mass is 516 g/mol. The molecule has 0 unspecified atom stereocenters. The molecule has 0 aliphatic heterocycles. The topological polar surface area (TPSA) is 105 Å². The molecule has 1 aromatic carbocycles. The number of carbonyl (C=O) groups excluding carboxylic acids is 2. The van der Waals surface area contributed by atoms with Crippen LogP contribution in [0.3, 0.4) is 0 Å². The van der Waals surface area contributed by atoms with E-state index in [2.05, 4.69) is 15.5 Å². The lowest BCUT2D eigenvalue weighted by Crippen LogP contribution is -2.17. The Labute approximate surface area is 212 Å². The SMILES string of the molecule is CCn1c(COc2ccc(OC)cc2)nnc1SCC(=O)Nc1sc2c(c1C(=O)OC)CCCC2. The van der Waals surface area contributed by atoms with Crippen molar-refractivity contribution < 1.29 is 23.8 Å². The van der Waals surface area contributed by atoms with Gasteiger partial charge in [0.25, 0.3) is 0 Å². The highest BCUT2D eigenvalue weighted by Gasteiger charge is 2.27. The third-order valence-electron chi connectivity index (χ3n) is 5.68. The second-order valence-corrected chi connectivity index (χ2v) is 9.90. The van der Waals surface area contributed by atoms with Gasteiger partial charge in [0.2, 0.25) is 5.91 Å². The number of esters is 1. The van der Waals surface area contributed by atoms with Crippen LogP contribution in [0.2, 0.25) is 0 Å². The van der Waals surface area contributed by atoms with Gasteiger partial charge < -0.3 is 24.1 Å². The quantitative estimate of drug-likeness (QED) is 0.313. The molecular formula is C24H28N4O5S2. The van der Waals surface area contributed by atoms with E-state index >= 15 is 0 Å².